The number of aliphatic hydroxyl groups is 1. The first-order valence-electron chi connectivity index (χ1n) is 8.19. The van der Waals surface area contributed by atoms with Crippen molar-refractivity contribution in [1.29, 1.82) is 0 Å². The normalized spacial score (nSPS) is 19.2. The standard InChI is InChI=1S/C18H25NO3/c1-2-7-17(21)15-10-6-13-19(15)18(22)12-11-16(20)14-8-4-3-5-9-14/h3-5,8-9,15,17,21H,2,6-7,10-13H2,1H3. The van der Waals surface area contributed by atoms with Crippen LogP contribution in [0.4, 0.5) is 0 Å². The minimum absolute atomic E-state index is 0.00111. The first kappa shape index (κ1) is 16.7. The molecular formula is C18H25NO3. The topological polar surface area (TPSA) is 57.6 Å². The molecule has 0 radical (unpaired) electrons. The lowest BCUT2D eigenvalue weighted by Gasteiger charge is -2.28. The van der Waals surface area contributed by atoms with Gasteiger partial charge >= 0.3 is 0 Å². The summed E-state index contributed by atoms with van der Waals surface area (Å²) in [7, 11) is 0. The Morgan fingerprint density at radius 2 is 2.00 bits per heavy atom. The lowest BCUT2D eigenvalue weighted by molar-refractivity contribution is -0.134. The molecule has 1 heterocycles. The molecule has 1 N–H and O–H groups in total. The molecule has 2 atom stereocenters. The van der Waals surface area contributed by atoms with Gasteiger partial charge in [-0.1, -0.05) is 43.7 Å². The summed E-state index contributed by atoms with van der Waals surface area (Å²) in [6.07, 6.45) is 3.44. The van der Waals surface area contributed by atoms with E-state index in [1.54, 1.807) is 17.0 Å². The second-order valence-corrected chi connectivity index (χ2v) is 5.94. The number of likely N-dealkylation sites (tertiary alicyclic amines) is 1. The lowest BCUT2D eigenvalue weighted by Crippen LogP contribution is -2.42. The van der Waals surface area contributed by atoms with Crippen LogP contribution in [0.2, 0.25) is 0 Å². The van der Waals surface area contributed by atoms with E-state index in [4.69, 9.17) is 0 Å². The van der Waals surface area contributed by atoms with Crippen molar-refractivity contribution in [2.75, 3.05) is 6.54 Å². The quantitative estimate of drug-likeness (QED) is 0.788. The molecule has 1 fully saturated rings. The van der Waals surface area contributed by atoms with Crippen molar-refractivity contribution < 1.29 is 14.7 Å². The zero-order valence-corrected chi connectivity index (χ0v) is 13.2. The Hall–Kier alpha value is -1.68. The van der Waals surface area contributed by atoms with E-state index in [1.807, 2.05) is 25.1 Å². The van der Waals surface area contributed by atoms with Crippen LogP contribution in [-0.2, 0) is 4.79 Å². The molecule has 4 nitrogen and oxygen atoms in total. The van der Waals surface area contributed by atoms with Gasteiger partial charge in [0.05, 0.1) is 12.1 Å². The third kappa shape index (κ3) is 4.17. The minimum Gasteiger partial charge on any atom is -0.391 e. The van der Waals surface area contributed by atoms with Crippen molar-refractivity contribution in [1.82, 2.24) is 4.90 Å². The molecule has 1 aliphatic rings. The highest BCUT2D eigenvalue weighted by molar-refractivity contribution is 5.97. The smallest absolute Gasteiger partial charge is 0.223 e. The fourth-order valence-corrected chi connectivity index (χ4v) is 3.12. The van der Waals surface area contributed by atoms with Crippen molar-refractivity contribution in [2.45, 2.75) is 57.6 Å². The van der Waals surface area contributed by atoms with E-state index in [9.17, 15) is 14.7 Å². The van der Waals surface area contributed by atoms with Crippen LogP contribution < -0.4 is 0 Å². The average Bonchev–Trinajstić information content (AvgIpc) is 3.03. The summed E-state index contributed by atoms with van der Waals surface area (Å²) < 4.78 is 0. The van der Waals surface area contributed by atoms with Crippen molar-refractivity contribution in [2.24, 2.45) is 0 Å². The fourth-order valence-electron chi connectivity index (χ4n) is 3.12. The number of hydrogen-bond donors (Lipinski definition) is 1. The molecule has 1 aromatic carbocycles. The largest absolute Gasteiger partial charge is 0.391 e. The zero-order chi connectivity index (χ0) is 15.9. The Kier molecular flexibility index (Phi) is 6.13. The van der Waals surface area contributed by atoms with E-state index in [0.29, 0.717) is 12.1 Å². The molecule has 2 unspecified atom stereocenters. The Labute approximate surface area is 132 Å². The van der Waals surface area contributed by atoms with Gasteiger partial charge in [-0.25, -0.2) is 0 Å². The van der Waals surface area contributed by atoms with E-state index in [1.165, 1.54) is 0 Å². The summed E-state index contributed by atoms with van der Waals surface area (Å²) in [5, 5.41) is 10.2. The molecule has 0 aliphatic carbocycles. The number of nitrogens with zero attached hydrogens (tertiary/aromatic N) is 1. The summed E-state index contributed by atoms with van der Waals surface area (Å²) >= 11 is 0. The number of carbonyl (C=O) groups excluding carboxylic acids is 2. The van der Waals surface area contributed by atoms with Crippen LogP contribution in [0.15, 0.2) is 30.3 Å². The number of amides is 1. The lowest BCUT2D eigenvalue weighted by atomic mass is 10.0. The van der Waals surface area contributed by atoms with Crippen LogP contribution in [0.5, 0.6) is 0 Å². The van der Waals surface area contributed by atoms with Crippen molar-refractivity contribution in [3.05, 3.63) is 35.9 Å². The second-order valence-electron chi connectivity index (χ2n) is 5.94. The fraction of sp³-hybridized carbons (Fsp3) is 0.556. The van der Waals surface area contributed by atoms with E-state index in [-0.39, 0.29) is 30.6 Å². The zero-order valence-electron chi connectivity index (χ0n) is 13.2. The van der Waals surface area contributed by atoms with E-state index < -0.39 is 6.10 Å². The van der Waals surface area contributed by atoms with Gasteiger partial charge in [0.1, 0.15) is 0 Å². The number of hydrogen-bond acceptors (Lipinski definition) is 3. The average molecular weight is 303 g/mol. The molecule has 120 valence electrons. The molecule has 0 bridgehead atoms. The number of aliphatic hydroxyl groups excluding tert-OH is 1. The Bertz CT molecular complexity index is 500. The number of rotatable bonds is 7. The highest BCUT2D eigenvalue weighted by Gasteiger charge is 2.33. The van der Waals surface area contributed by atoms with Crippen molar-refractivity contribution >= 4 is 11.7 Å². The van der Waals surface area contributed by atoms with Crippen LogP contribution in [-0.4, -0.2) is 40.4 Å². The summed E-state index contributed by atoms with van der Waals surface area (Å²) in [6.45, 7) is 2.73. The molecule has 1 saturated heterocycles. The number of carbonyl (C=O) groups is 2. The SMILES string of the molecule is CCCC(O)C1CCCN1C(=O)CCC(=O)c1ccccc1. The van der Waals surface area contributed by atoms with E-state index >= 15 is 0 Å². The highest BCUT2D eigenvalue weighted by Crippen LogP contribution is 2.23. The molecule has 1 amide bonds. The summed E-state index contributed by atoms with van der Waals surface area (Å²) in [6, 6.07) is 9.00. The van der Waals surface area contributed by atoms with Crippen LogP contribution in [0.1, 0.15) is 55.8 Å². The van der Waals surface area contributed by atoms with Gasteiger partial charge < -0.3 is 10.0 Å². The van der Waals surface area contributed by atoms with E-state index in [0.717, 1.165) is 25.7 Å². The number of Topliss-reactive ketones (excluding diaryl/α,β-unsaturated/α-hetero) is 1. The van der Waals surface area contributed by atoms with Crippen LogP contribution in [0, 0.1) is 0 Å². The third-order valence-corrected chi connectivity index (χ3v) is 4.31. The van der Waals surface area contributed by atoms with Gasteiger partial charge in [-0.05, 0) is 19.3 Å². The predicted molar refractivity (Wildman–Crippen MR) is 85.7 cm³/mol. The van der Waals surface area contributed by atoms with Crippen molar-refractivity contribution in [3.8, 4) is 0 Å². The maximum atomic E-state index is 12.4. The molecule has 4 heteroatoms. The van der Waals surface area contributed by atoms with Crippen LogP contribution >= 0.6 is 0 Å². The summed E-state index contributed by atoms with van der Waals surface area (Å²) in [5.74, 6) is -0.0132. The first-order valence-corrected chi connectivity index (χ1v) is 8.19. The molecule has 22 heavy (non-hydrogen) atoms. The molecule has 1 aromatic rings. The van der Waals surface area contributed by atoms with Gasteiger partial charge in [0.25, 0.3) is 0 Å². The van der Waals surface area contributed by atoms with Gasteiger partial charge in [-0.3, -0.25) is 9.59 Å². The first-order chi connectivity index (χ1) is 10.6. The highest BCUT2D eigenvalue weighted by atomic mass is 16.3. The molecule has 1 aliphatic heterocycles. The molecule has 0 aromatic heterocycles. The maximum Gasteiger partial charge on any atom is 0.223 e. The Balaban J connectivity index is 1.87. The number of ketones is 1. The molecular weight excluding hydrogens is 278 g/mol. The third-order valence-electron chi connectivity index (χ3n) is 4.31. The molecule has 2 rings (SSSR count). The second kappa shape index (κ2) is 8.08. The monoisotopic (exact) mass is 303 g/mol. The maximum absolute atomic E-state index is 12.4. The minimum atomic E-state index is -0.443. The van der Waals surface area contributed by atoms with Crippen molar-refractivity contribution in [3.63, 3.8) is 0 Å². The van der Waals surface area contributed by atoms with Gasteiger partial charge in [-0.2, -0.15) is 0 Å². The molecule has 0 spiro atoms. The van der Waals surface area contributed by atoms with E-state index in [2.05, 4.69) is 0 Å². The van der Waals surface area contributed by atoms with Gasteiger partial charge in [0.15, 0.2) is 5.78 Å². The van der Waals surface area contributed by atoms with Gasteiger partial charge in [0.2, 0.25) is 5.91 Å². The predicted octanol–water partition coefficient (Wildman–Crippen LogP) is 2.80. The van der Waals surface area contributed by atoms with Crippen LogP contribution in [0.25, 0.3) is 0 Å². The summed E-state index contributed by atoms with van der Waals surface area (Å²) in [5.41, 5.74) is 0.652. The Morgan fingerprint density at radius 1 is 1.27 bits per heavy atom. The summed E-state index contributed by atoms with van der Waals surface area (Å²) in [4.78, 5) is 26.2. The van der Waals surface area contributed by atoms with Gasteiger partial charge in [0, 0.05) is 24.9 Å². The van der Waals surface area contributed by atoms with Crippen LogP contribution in [0.3, 0.4) is 0 Å². The van der Waals surface area contributed by atoms with Gasteiger partial charge in [-0.15, -0.1) is 0 Å². The Morgan fingerprint density at radius 3 is 2.68 bits per heavy atom. The molecule has 0 saturated carbocycles. The number of benzene rings is 1.